The van der Waals surface area contributed by atoms with Gasteiger partial charge in [0.2, 0.25) is 0 Å². The van der Waals surface area contributed by atoms with Gasteiger partial charge < -0.3 is 14.2 Å². The minimum absolute atomic E-state index is 0.0789. The highest BCUT2D eigenvalue weighted by Gasteiger charge is 2.19. The zero-order valence-corrected chi connectivity index (χ0v) is 53.3. The van der Waals surface area contributed by atoms with Gasteiger partial charge in [-0.25, -0.2) is 0 Å². The molecule has 6 nitrogen and oxygen atoms in total. The molecule has 0 aliphatic carbocycles. The summed E-state index contributed by atoms with van der Waals surface area (Å²) in [6, 6.07) is 0. The third-order valence-electron chi connectivity index (χ3n) is 14.8. The molecule has 81 heavy (non-hydrogen) atoms. The van der Waals surface area contributed by atoms with Crippen molar-refractivity contribution in [2.24, 2.45) is 0 Å². The van der Waals surface area contributed by atoms with Crippen molar-refractivity contribution in [2.45, 2.75) is 335 Å². The monoisotopic (exact) mass is 1120 g/mol. The summed E-state index contributed by atoms with van der Waals surface area (Å²) in [6.07, 6.45) is 93.9. The normalized spacial score (nSPS) is 12.8. The van der Waals surface area contributed by atoms with Gasteiger partial charge in [-0.3, -0.25) is 14.4 Å². The molecule has 464 valence electrons. The molecule has 0 radical (unpaired) electrons. The average Bonchev–Trinajstić information content (AvgIpc) is 3.46. The lowest BCUT2D eigenvalue weighted by Crippen LogP contribution is -2.30. The molecule has 0 N–H and O–H groups in total. The highest BCUT2D eigenvalue weighted by molar-refractivity contribution is 5.71. The van der Waals surface area contributed by atoms with Crippen LogP contribution in [0.2, 0.25) is 0 Å². The zero-order chi connectivity index (χ0) is 58.5. The van der Waals surface area contributed by atoms with E-state index in [2.05, 4.69) is 130 Å². The minimum atomic E-state index is -0.783. The van der Waals surface area contributed by atoms with Crippen LogP contribution in [0.1, 0.15) is 329 Å². The van der Waals surface area contributed by atoms with Crippen molar-refractivity contribution in [1.29, 1.82) is 0 Å². The van der Waals surface area contributed by atoms with Crippen LogP contribution in [-0.4, -0.2) is 37.2 Å². The Morgan fingerprint density at radius 3 is 0.765 bits per heavy atom. The SMILES string of the molecule is CC/C=C\C/C=C\C/C=C\C/C=C\C/C=C\C/C=C\C/C=C\C/C=C\CCCCCCCCCCC(=O)OCC(COC(=O)CCCCCCCCCCCCCCC)OC(=O)CCCCCCCCC/C=C\CCCCCCCC. The molecule has 0 bridgehead atoms. The first kappa shape index (κ1) is 77.1. The van der Waals surface area contributed by atoms with Crippen LogP contribution in [0.5, 0.6) is 0 Å². The predicted octanol–water partition coefficient (Wildman–Crippen LogP) is 23.8. The number of allylic oxidation sites excluding steroid dienone is 18. The number of carbonyl (C=O) groups is 3. The third kappa shape index (κ3) is 66.8. The van der Waals surface area contributed by atoms with E-state index >= 15 is 0 Å². The number of ether oxygens (including phenoxy) is 3. The number of esters is 3. The van der Waals surface area contributed by atoms with Crippen molar-refractivity contribution in [3.63, 3.8) is 0 Å². The molecular weight excluding hydrogens is 997 g/mol. The lowest BCUT2D eigenvalue weighted by atomic mass is 10.0. The summed E-state index contributed by atoms with van der Waals surface area (Å²) in [7, 11) is 0. The zero-order valence-electron chi connectivity index (χ0n) is 53.3. The fraction of sp³-hybridized carbons (Fsp3) is 0.720. The van der Waals surface area contributed by atoms with E-state index in [1.165, 1.54) is 173 Å². The molecular formula is C75H128O6. The van der Waals surface area contributed by atoms with Gasteiger partial charge >= 0.3 is 17.9 Å². The van der Waals surface area contributed by atoms with Crippen LogP contribution in [0.3, 0.4) is 0 Å². The quantitative estimate of drug-likeness (QED) is 0.0261. The van der Waals surface area contributed by atoms with Gasteiger partial charge in [0.1, 0.15) is 13.2 Å². The van der Waals surface area contributed by atoms with Crippen molar-refractivity contribution in [3.05, 3.63) is 109 Å². The van der Waals surface area contributed by atoms with Gasteiger partial charge in [-0.2, -0.15) is 0 Å². The summed E-state index contributed by atoms with van der Waals surface area (Å²) in [5, 5.41) is 0. The van der Waals surface area contributed by atoms with E-state index in [9.17, 15) is 14.4 Å². The van der Waals surface area contributed by atoms with E-state index in [1.807, 2.05) is 0 Å². The van der Waals surface area contributed by atoms with Gasteiger partial charge in [0.05, 0.1) is 0 Å². The van der Waals surface area contributed by atoms with Crippen molar-refractivity contribution in [2.75, 3.05) is 13.2 Å². The van der Waals surface area contributed by atoms with Crippen LogP contribution in [-0.2, 0) is 28.6 Å². The molecule has 0 spiro atoms. The van der Waals surface area contributed by atoms with Crippen molar-refractivity contribution >= 4 is 17.9 Å². The molecule has 0 amide bonds. The number of carbonyl (C=O) groups excluding carboxylic acids is 3. The molecule has 0 aromatic heterocycles. The van der Waals surface area contributed by atoms with Crippen LogP contribution in [0, 0.1) is 0 Å². The number of rotatable bonds is 62. The Kier molecular flexibility index (Phi) is 65.2. The van der Waals surface area contributed by atoms with Gasteiger partial charge in [0, 0.05) is 19.3 Å². The first-order valence-corrected chi connectivity index (χ1v) is 34.4. The summed E-state index contributed by atoms with van der Waals surface area (Å²) in [5.74, 6) is -0.880. The average molecular weight is 1130 g/mol. The molecule has 0 aromatic carbocycles. The molecule has 0 aliphatic rings. The van der Waals surface area contributed by atoms with Crippen LogP contribution in [0.25, 0.3) is 0 Å². The summed E-state index contributed by atoms with van der Waals surface area (Å²) in [5.41, 5.74) is 0. The minimum Gasteiger partial charge on any atom is -0.462 e. The second-order valence-electron chi connectivity index (χ2n) is 22.7. The summed E-state index contributed by atoms with van der Waals surface area (Å²) >= 11 is 0. The molecule has 6 heteroatoms. The molecule has 0 saturated carbocycles. The molecule has 0 heterocycles. The van der Waals surface area contributed by atoms with Crippen molar-refractivity contribution in [1.82, 2.24) is 0 Å². The first-order valence-electron chi connectivity index (χ1n) is 34.4. The summed E-state index contributed by atoms with van der Waals surface area (Å²) < 4.78 is 16.9. The summed E-state index contributed by atoms with van der Waals surface area (Å²) in [6.45, 7) is 6.54. The van der Waals surface area contributed by atoms with Gasteiger partial charge in [-0.1, -0.05) is 310 Å². The molecule has 0 fully saturated rings. The van der Waals surface area contributed by atoms with E-state index < -0.39 is 6.10 Å². The van der Waals surface area contributed by atoms with Crippen LogP contribution in [0.15, 0.2) is 109 Å². The maximum Gasteiger partial charge on any atom is 0.306 e. The Labute approximate surface area is 501 Å². The van der Waals surface area contributed by atoms with E-state index in [0.717, 1.165) is 116 Å². The maximum absolute atomic E-state index is 12.9. The Balaban J connectivity index is 4.27. The van der Waals surface area contributed by atoms with E-state index in [0.29, 0.717) is 19.3 Å². The maximum atomic E-state index is 12.9. The fourth-order valence-corrected chi connectivity index (χ4v) is 9.63. The molecule has 0 aliphatic heterocycles. The van der Waals surface area contributed by atoms with E-state index in [4.69, 9.17) is 14.2 Å². The molecule has 0 saturated heterocycles. The van der Waals surface area contributed by atoms with Gasteiger partial charge in [-0.15, -0.1) is 0 Å². The molecule has 1 atom stereocenters. The van der Waals surface area contributed by atoms with Gasteiger partial charge in [-0.05, 0) is 109 Å². The Morgan fingerprint density at radius 1 is 0.259 bits per heavy atom. The Hall–Kier alpha value is -3.93. The first-order chi connectivity index (χ1) is 40.0. The van der Waals surface area contributed by atoms with Gasteiger partial charge in [0.25, 0.3) is 0 Å². The van der Waals surface area contributed by atoms with Crippen molar-refractivity contribution in [3.8, 4) is 0 Å². The second kappa shape index (κ2) is 68.6. The summed E-state index contributed by atoms with van der Waals surface area (Å²) in [4.78, 5) is 38.4. The van der Waals surface area contributed by atoms with Crippen LogP contribution < -0.4 is 0 Å². The smallest absolute Gasteiger partial charge is 0.306 e. The highest BCUT2D eigenvalue weighted by Crippen LogP contribution is 2.16. The molecule has 1 unspecified atom stereocenters. The van der Waals surface area contributed by atoms with Gasteiger partial charge in [0.15, 0.2) is 6.10 Å². The second-order valence-corrected chi connectivity index (χ2v) is 22.7. The predicted molar refractivity (Wildman–Crippen MR) is 353 cm³/mol. The Morgan fingerprint density at radius 2 is 0.481 bits per heavy atom. The number of hydrogen-bond donors (Lipinski definition) is 0. The Bertz CT molecular complexity index is 1620. The fourth-order valence-electron chi connectivity index (χ4n) is 9.63. The standard InChI is InChI=1S/C75H128O6/c1-4-7-10-13-16-19-22-25-27-29-30-31-32-33-34-35-36-37-38-39-40-41-42-43-44-46-47-50-53-56-59-62-65-68-74(77)80-71-72(70-79-73(76)67-64-61-58-55-52-49-24-21-18-15-12-9-6-3)81-75(78)69-66-63-60-57-54-51-48-45-28-26-23-20-17-14-11-8-5-2/h7,10,16,19,25-28,30-31,33-34,36-37,39-40,42-43,72H,4-6,8-9,11-15,17-18,20-24,29,32,35,38,41,44-71H2,1-3H3/b10-7-,19-16-,27-25-,28-26-,31-30-,34-33-,37-36-,40-39-,43-42-. The number of hydrogen-bond acceptors (Lipinski definition) is 6. The lowest BCUT2D eigenvalue weighted by Gasteiger charge is -2.18. The topological polar surface area (TPSA) is 78.9 Å². The molecule has 0 aromatic rings. The van der Waals surface area contributed by atoms with E-state index in [-0.39, 0.29) is 31.1 Å². The third-order valence-corrected chi connectivity index (χ3v) is 14.8. The van der Waals surface area contributed by atoms with E-state index in [1.54, 1.807) is 0 Å². The highest BCUT2D eigenvalue weighted by atomic mass is 16.6. The van der Waals surface area contributed by atoms with Crippen LogP contribution in [0.4, 0.5) is 0 Å². The number of unbranched alkanes of at least 4 members (excludes halogenated alkanes) is 33. The molecule has 0 rings (SSSR count). The lowest BCUT2D eigenvalue weighted by molar-refractivity contribution is -0.167. The van der Waals surface area contributed by atoms with Crippen molar-refractivity contribution < 1.29 is 28.6 Å². The largest absolute Gasteiger partial charge is 0.462 e. The van der Waals surface area contributed by atoms with Crippen LogP contribution >= 0.6 is 0 Å².